The van der Waals surface area contributed by atoms with Crippen molar-refractivity contribution in [3.63, 3.8) is 0 Å². The Bertz CT molecular complexity index is 3270. The number of hydrogen-bond donors (Lipinski definition) is 0. The molecule has 0 saturated heterocycles. The first-order chi connectivity index (χ1) is 33.0. The molecule has 4 aliphatic rings. The SMILES string of the molecule is CC(C)(C)c1ccc2c(c1)B1c3cc(C(C)(C)C)ccc3N(c3ccccc3)c3cc(N4c5ccccc5C5(c6ccccc6Sc6ccccc65)c5ccccc54)cc(c31)N2c1ccccc1. The molecule has 0 aromatic heterocycles. The van der Waals surface area contributed by atoms with Crippen LogP contribution in [-0.2, 0) is 16.2 Å². The van der Waals surface area contributed by atoms with E-state index in [1.54, 1.807) is 0 Å². The number of rotatable bonds is 3. The minimum atomic E-state index is -0.532. The van der Waals surface area contributed by atoms with Crippen molar-refractivity contribution in [2.24, 2.45) is 0 Å². The summed E-state index contributed by atoms with van der Waals surface area (Å²) in [7, 11) is 0. The number of para-hydroxylation sites is 4. The largest absolute Gasteiger partial charge is 0.311 e. The van der Waals surface area contributed by atoms with Crippen LogP contribution in [-0.4, -0.2) is 6.71 Å². The van der Waals surface area contributed by atoms with Crippen molar-refractivity contribution in [2.75, 3.05) is 14.7 Å². The van der Waals surface area contributed by atoms with E-state index in [9.17, 15) is 0 Å². The van der Waals surface area contributed by atoms with Gasteiger partial charge in [0.1, 0.15) is 0 Å². The predicted octanol–water partition coefficient (Wildman–Crippen LogP) is 15.0. The van der Waals surface area contributed by atoms with Crippen LogP contribution < -0.4 is 31.1 Å². The van der Waals surface area contributed by atoms with Gasteiger partial charge in [0, 0.05) is 43.9 Å². The Balaban J connectivity index is 1.15. The Kier molecular flexibility index (Phi) is 8.99. The molecule has 1 spiro atoms. The molecule has 9 aromatic carbocycles. The standard InChI is InChI=1S/C63H52BN3S/c1-61(2,3)41-33-35-54-50(37-41)64-51-38-42(62(4,5)6)34-36-55(51)66(44-23-11-8-12-24-44)57-40-45(39-56(60(57)64)65(54)43-21-9-7-10-22-43)67-52-29-17-13-25-46(52)63(47-26-14-18-30-53(47)67)48-27-15-19-31-58(48)68-59-32-20-16-28-49(59)63/h7-40H,1-6H3. The van der Waals surface area contributed by atoms with Crippen molar-refractivity contribution < 1.29 is 0 Å². The fraction of sp³-hybridized carbons (Fsp3) is 0.143. The summed E-state index contributed by atoms with van der Waals surface area (Å²) in [6.07, 6.45) is 0. The molecule has 4 heterocycles. The summed E-state index contributed by atoms with van der Waals surface area (Å²) < 4.78 is 0. The van der Waals surface area contributed by atoms with Crippen LogP contribution in [0, 0.1) is 0 Å². The summed E-state index contributed by atoms with van der Waals surface area (Å²) in [4.78, 5) is 10.3. The van der Waals surface area contributed by atoms with E-state index in [4.69, 9.17) is 0 Å². The molecule has 0 unspecified atom stereocenters. The Morgan fingerprint density at radius 3 is 1.18 bits per heavy atom. The summed E-state index contributed by atoms with van der Waals surface area (Å²) in [5.41, 5.74) is 21.9. The minimum Gasteiger partial charge on any atom is -0.311 e. The second kappa shape index (κ2) is 14.9. The van der Waals surface area contributed by atoms with Gasteiger partial charge in [-0.15, -0.1) is 0 Å². The lowest BCUT2D eigenvalue weighted by Gasteiger charge is -2.49. The van der Waals surface area contributed by atoms with Gasteiger partial charge in [0.25, 0.3) is 6.71 Å². The zero-order valence-corrected chi connectivity index (χ0v) is 40.3. The molecule has 328 valence electrons. The molecule has 13 rings (SSSR count). The maximum atomic E-state index is 2.57. The molecular formula is C63H52BN3S. The van der Waals surface area contributed by atoms with Gasteiger partial charge in [-0.25, -0.2) is 0 Å². The van der Waals surface area contributed by atoms with E-state index < -0.39 is 5.41 Å². The highest BCUT2D eigenvalue weighted by Crippen LogP contribution is 2.63. The zero-order chi connectivity index (χ0) is 46.1. The molecule has 0 atom stereocenters. The van der Waals surface area contributed by atoms with Crippen LogP contribution in [0.15, 0.2) is 216 Å². The predicted molar refractivity (Wildman–Crippen MR) is 289 cm³/mol. The molecule has 5 heteroatoms. The Hall–Kier alpha value is -7.21. The highest BCUT2D eigenvalue weighted by Gasteiger charge is 2.51. The first-order valence-electron chi connectivity index (χ1n) is 24.0. The fourth-order valence-electron chi connectivity index (χ4n) is 11.9. The van der Waals surface area contributed by atoms with Crippen LogP contribution in [0.1, 0.15) is 74.9 Å². The summed E-state index contributed by atoms with van der Waals surface area (Å²) >= 11 is 1.89. The van der Waals surface area contributed by atoms with Crippen molar-refractivity contribution in [1.29, 1.82) is 0 Å². The summed E-state index contributed by atoms with van der Waals surface area (Å²) in [6.45, 7) is 14.0. The van der Waals surface area contributed by atoms with Crippen LogP contribution in [0.25, 0.3) is 0 Å². The van der Waals surface area contributed by atoms with Crippen molar-refractivity contribution >= 4 is 86.0 Å². The molecule has 3 nitrogen and oxygen atoms in total. The fourth-order valence-corrected chi connectivity index (χ4v) is 13.1. The van der Waals surface area contributed by atoms with E-state index in [0.29, 0.717) is 0 Å². The van der Waals surface area contributed by atoms with Crippen molar-refractivity contribution in [3.8, 4) is 0 Å². The summed E-state index contributed by atoms with van der Waals surface area (Å²) in [5.74, 6) is 0. The van der Waals surface area contributed by atoms with Crippen molar-refractivity contribution in [2.45, 2.75) is 67.6 Å². The number of benzene rings is 9. The molecule has 0 aliphatic carbocycles. The lowest BCUT2D eigenvalue weighted by atomic mass is 9.33. The Morgan fingerprint density at radius 1 is 0.353 bits per heavy atom. The van der Waals surface area contributed by atoms with Gasteiger partial charge in [-0.3, -0.25) is 0 Å². The third-order valence-corrected chi connectivity index (χ3v) is 16.1. The molecule has 0 N–H and O–H groups in total. The maximum Gasteiger partial charge on any atom is 0.252 e. The Morgan fingerprint density at radius 2 is 0.735 bits per heavy atom. The van der Waals surface area contributed by atoms with E-state index in [-0.39, 0.29) is 17.5 Å². The molecule has 9 aromatic rings. The van der Waals surface area contributed by atoms with Gasteiger partial charge in [-0.2, -0.15) is 0 Å². The summed E-state index contributed by atoms with van der Waals surface area (Å²) in [6, 6.07) is 78.2. The molecule has 0 radical (unpaired) electrons. The van der Waals surface area contributed by atoms with Crippen molar-refractivity contribution in [3.05, 3.63) is 240 Å². The van der Waals surface area contributed by atoms with Gasteiger partial charge in [0.05, 0.1) is 22.5 Å². The molecule has 0 amide bonds. The quantitative estimate of drug-likeness (QED) is 0.163. The lowest BCUT2D eigenvalue weighted by molar-refractivity contribution is 0.590. The average molecular weight is 894 g/mol. The van der Waals surface area contributed by atoms with Gasteiger partial charge in [0.2, 0.25) is 0 Å². The van der Waals surface area contributed by atoms with Gasteiger partial charge in [-0.1, -0.05) is 187 Å². The molecule has 0 saturated carbocycles. The normalized spacial score (nSPS) is 14.9. The van der Waals surface area contributed by atoms with Crippen LogP contribution >= 0.6 is 11.8 Å². The number of hydrogen-bond acceptors (Lipinski definition) is 4. The van der Waals surface area contributed by atoms with Crippen LogP contribution in [0.2, 0.25) is 0 Å². The summed E-state index contributed by atoms with van der Waals surface area (Å²) in [5, 5.41) is 0. The topological polar surface area (TPSA) is 9.72 Å². The molecule has 0 bridgehead atoms. The van der Waals surface area contributed by atoms with Crippen LogP contribution in [0.3, 0.4) is 0 Å². The molecular weight excluding hydrogens is 842 g/mol. The van der Waals surface area contributed by atoms with E-state index in [2.05, 4.69) is 262 Å². The smallest absolute Gasteiger partial charge is 0.252 e. The first-order valence-corrected chi connectivity index (χ1v) is 24.9. The third-order valence-electron chi connectivity index (χ3n) is 15.0. The van der Waals surface area contributed by atoms with Crippen LogP contribution in [0.5, 0.6) is 0 Å². The highest BCUT2D eigenvalue weighted by atomic mass is 32.2. The van der Waals surface area contributed by atoms with Gasteiger partial charge in [-0.05, 0) is 133 Å². The number of nitrogens with zero attached hydrogens (tertiary/aromatic N) is 3. The second-order valence-electron chi connectivity index (χ2n) is 20.9. The number of fused-ring (bicyclic) bond motifs is 12. The molecule has 4 aliphatic heterocycles. The van der Waals surface area contributed by atoms with E-state index in [0.717, 1.165) is 17.1 Å². The average Bonchev–Trinajstić information content (AvgIpc) is 3.35. The van der Waals surface area contributed by atoms with Gasteiger partial charge in [0.15, 0.2) is 0 Å². The third kappa shape index (κ3) is 5.88. The molecule has 0 fully saturated rings. The van der Waals surface area contributed by atoms with E-state index in [1.165, 1.54) is 93.7 Å². The first kappa shape index (κ1) is 41.0. The van der Waals surface area contributed by atoms with E-state index in [1.807, 2.05) is 11.8 Å². The van der Waals surface area contributed by atoms with Crippen LogP contribution in [0.4, 0.5) is 51.2 Å². The van der Waals surface area contributed by atoms with Gasteiger partial charge < -0.3 is 14.7 Å². The Labute approximate surface area is 405 Å². The van der Waals surface area contributed by atoms with Gasteiger partial charge >= 0.3 is 0 Å². The monoisotopic (exact) mass is 893 g/mol. The maximum absolute atomic E-state index is 2.57. The highest BCUT2D eigenvalue weighted by molar-refractivity contribution is 7.99. The lowest BCUT2D eigenvalue weighted by Crippen LogP contribution is -2.61. The van der Waals surface area contributed by atoms with Crippen molar-refractivity contribution in [1.82, 2.24) is 0 Å². The minimum absolute atomic E-state index is 0.0134. The van der Waals surface area contributed by atoms with E-state index >= 15 is 0 Å². The second-order valence-corrected chi connectivity index (χ2v) is 22.0. The number of anilines is 9. The molecule has 68 heavy (non-hydrogen) atoms. The zero-order valence-electron chi connectivity index (χ0n) is 39.5.